The Labute approximate surface area is 145 Å². The maximum absolute atomic E-state index is 12.3. The molecule has 2 rings (SSSR count). The molecule has 0 saturated carbocycles. The fourth-order valence-electron chi connectivity index (χ4n) is 2.05. The van der Waals surface area contributed by atoms with Crippen LogP contribution in [0.15, 0.2) is 42.7 Å². The molecule has 0 radical (unpaired) electrons. The van der Waals surface area contributed by atoms with Gasteiger partial charge in [0.2, 0.25) is 0 Å². The minimum atomic E-state index is -0.394. The van der Waals surface area contributed by atoms with Crippen LogP contribution in [0.3, 0.4) is 0 Å². The summed E-state index contributed by atoms with van der Waals surface area (Å²) in [5.74, 6) is -0.770. The second-order valence-corrected chi connectivity index (χ2v) is 5.30. The van der Waals surface area contributed by atoms with E-state index in [0.717, 1.165) is 0 Å². The molecular formula is C18H19N3O4. The van der Waals surface area contributed by atoms with Gasteiger partial charge in [0.25, 0.3) is 11.8 Å². The average Bonchev–Trinajstić information content (AvgIpc) is 2.62. The lowest BCUT2D eigenvalue weighted by molar-refractivity contribution is 0.0936. The Balaban J connectivity index is 2.05. The lowest BCUT2D eigenvalue weighted by Gasteiger charge is -2.08. The molecule has 0 bridgehead atoms. The van der Waals surface area contributed by atoms with Crippen molar-refractivity contribution in [2.75, 3.05) is 25.6 Å². The number of amides is 2. The lowest BCUT2D eigenvalue weighted by atomic mass is 10.1. The van der Waals surface area contributed by atoms with Crippen molar-refractivity contribution in [1.29, 1.82) is 0 Å². The Morgan fingerprint density at radius 3 is 2.24 bits per heavy atom. The number of carbonyl (C=O) groups is 3. The molecule has 2 amide bonds. The first-order valence-corrected chi connectivity index (χ1v) is 7.66. The van der Waals surface area contributed by atoms with Crippen molar-refractivity contribution >= 4 is 23.3 Å². The summed E-state index contributed by atoms with van der Waals surface area (Å²) >= 11 is 0. The average molecular weight is 341 g/mol. The van der Waals surface area contributed by atoms with Gasteiger partial charge in [-0.1, -0.05) is 0 Å². The molecule has 2 aromatic rings. The van der Waals surface area contributed by atoms with Gasteiger partial charge in [-0.3, -0.25) is 19.4 Å². The van der Waals surface area contributed by atoms with E-state index in [0.29, 0.717) is 24.4 Å². The van der Waals surface area contributed by atoms with Crippen LogP contribution < -0.4 is 10.6 Å². The highest BCUT2D eigenvalue weighted by atomic mass is 16.5. The molecule has 0 fully saturated rings. The summed E-state index contributed by atoms with van der Waals surface area (Å²) < 4.78 is 4.86. The number of Topliss-reactive ketones (excluding diaryl/α,β-unsaturated/α-hetero) is 1. The number of aromatic nitrogens is 1. The third-order valence-electron chi connectivity index (χ3n) is 3.40. The highest BCUT2D eigenvalue weighted by molar-refractivity contribution is 6.06. The number of hydrogen-bond donors (Lipinski definition) is 2. The third kappa shape index (κ3) is 5.22. The molecule has 2 N–H and O–H groups in total. The van der Waals surface area contributed by atoms with Crippen molar-refractivity contribution < 1.29 is 19.1 Å². The Morgan fingerprint density at radius 2 is 1.64 bits per heavy atom. The fraction of sp³-hybridized carbons (Fsp3) is 0.222. The highest BCUT2D eigenvalue weighted by Crippen LogP contribution is 2.12. The number of methoxy groups -OCH3 is 1. The van der Waals surface area contributed by atoms with Crippen LogP contribution in [0, 0.1) is 0 Å². The molecule has 0 saturated heterocycles. The Bertz CT molecular complexity index is 772. The number of benzene rings is 1. The van der Waals surface area contributed by atoms with Crippen LogP contribution in [-0.2, 0) is 4.74 Å². The topological polar surface area (TPSA) is 97.4 Å². The van der Waals surface area contributed by atoms with E-state index in [1.165, 1.54) is 25.4 Å². The fourth-order valence-corrected chi connectivity index (χ4v) is 2.05. The molecule has 0 unspecified atom stereocenters. The second kappa shape index (κ2) is 8.70. The molecule has 7 nitrogen and oxygen atoms in total. The van der Waals surface area contributed by atoms with Crippen LogP contribution in [0.4, 0.5) is 5.69 Å². The minimum Gasteiger partial charge on any atom is -0.383 e. The number of ether oxygens (including phenoxy) is 1. The molecule has 130 valence electrons. The predicted molar refractivity (Wildman–Crippen MR) is 92.8 cm³/mol. The van der Waals surface area contributed by atoms with Crippen LogP contribution >= 0.6 is 0 Å². The Kier molecular flexibility index (Phi) is 6.36. The van der Waals surface area contributed by atoms with E-state index in [1.54, 1.807) is 31.4 Å². The zero-order valence-electron chi connectivity index (χ0n) is 14.0. The molecule has 7 heteroatoms. The second-order valence-electron chi connectivity index (χ2n) is 5.30. The number of ketones is 1. The van der Waals surface area contributed by atoms with Crippen LogP contribution in [-0.4, -0.2) is 42.8 Å². The van der Waals surface area contributed by atoms with Gasteiger partial charge in [0, 0.05) is 37.3 Å². The maximum Gasteiger partial charge on any atom is 0.257 e. The van der Waals surface area contributed by atoms with Gasteiger partial charge in [-0.05, 0) is 37.3 Å². The smallest absolute Gasteiger partial charge is 0.257 e. The molecule has 0 aliphatic rings. The number of nitrogens with one attached hydrogen (secondary N) is 2. The molecule has 25 heavy (non-hydrogen) atoms. The molecule has 0 aliphatic heterocycles. The van der Waals surface area contributed by atoms with Gasteiger partial charge in [0.1, 0.15) is 0 Å². The standard InChI is InChI=1S/C18H19N3O4/c1-12(22)13-3-5-16(6-4-13)21-18(24)15-9-14(10-19-11-15)17(23)20-7-8-25-2/h3-6,9-11H,7-8H2,1-2H3,(H,20,23)(H,21,24). The van der Waals surface area contributed by atoms with E-state index in [4.69, 9.17) is 4.74 Å². The largest absolute Gasteiger partial charge is 0.383 e. The number of carbonyl (C=O) groups excluding carboxylic acids is 3. The summed E-state index contributed by atoms with van der Waals surface area (Å²) in [7, 11) is 1.54. The number of anilines is 1. The first kappa shape index (κ1) is 18.3. The molecule has 1 aromatic heterocycles. The molecule has 0 aliphatic carbocycles. The van der Waals surface area contributed by atoms with Gasteiger partial charge in [-0.15, -0.1) is 0 Å². The monoisotopic (exact) mass is 341 g/mol. The van der Waals surface area contributed by atoms with Crippen molar-refractivity contribution in [3.8, 4) is 0 Å². The predicted octanol–water partition coefficient (Wildman–Crippen LogP) is 1.91. The zero-order valence-corrected chi connectivity index (χ0v) is 14.0. The third-order valence-corrected chi connectivity index (χ3v) is 3.40. The summed E-state index contributed by atoms with van der Waals surface area (Å²) in [5, 5.41) is 5.37. The summed E-state index contributed by atoms with van der Waals surface area (Å²) in [5.41, 5.74) is 1.66. The molecular weight excluding hydrogens is 322 g/mol. The number of rotatable bonds is 7. The van der Waals surface area contributed by atoms with Gasteiger partial charge >= 0.3 is 0 Å². The van der Waals surface area contributed by atoms with E-state index in [2.05, 4.69) is 15.6 Å². The Hall–Kier alpha value is -3.06. The van der Waals surface area contributed by atoms with Crippen LogP contribution in [0.5, 0.6) is 0 Å². The number of hydrogen-bond acceptors (Lipinski definition) is 5. The quantitative estimate of drug-likeness (QED) is 0.592. The Morgan fingerprint density at radius 1 is 1.00 bits per heavy atom. The summed E-state index contributed by atoms with van der Waals surface area (Å²) in [4.78, 5) is 39.5. The van der Waals surface area contributed by atoms with Gasteiger partial charge in [-0.2, -0.15) is 0 Å². The minimum absolute atomic E-state index is 0.0470. The molecule has 0 spiro atoms. The molecule has 1 heterocycles. The van der Waals surface area contributed by atoms with Gasteiger partial charge < -0.3 is 15.4 Å². The number of nitrogens with zero attached hydrogens (tertiary/aromatic N) is 1. The van der Waals surface area contributed by atoms with Gasteiger partial charge in [-0.25, -0.2) is 0 Å². The molecule has 1 aromatic carbocycles. The van der Waals surface area contributed by atoms with Crippen molar-refractivity contribution in [2.24, 2.45) is 0 Å². The normalized spacial score (nSPS) is 10.2. The lowest BCUT2D eigenvalue weighted by Crippen LogP contribution is -2.27. The maximum atomic E-state index is 12.3. The van der Waals surface area contributed by atoms with Gasteiger partial charge in [0.15, 0.2) is 5.78 Å². The highest BCUT2D eigenvalue weighted by Gasteiger charge is 2.11. The van der Waals surface area contributed by atoms with Crippen molar-refractivity contribution in [3.63, 3.8) is 0 Å². The van der Waals surface area contributed by atoms with Crippen LogP contribution in [0.2, 0.25) is 0 Å². The molecule has 0 atom stereocenters. The SMILES string of the molecule is COCCNC(=O)c1cncc(C(=O)Nc2ccc(C(C)=O)cc2)c1. The number of pyridine rings is 1. The first-order chi connectivity index (χ1) is 12.0. The van der Waals surface area contributed by atoms with E-state index >= 15 is 0 Å². The van der Waals surface area contributed by atoms with Crippen LogP contribution in [0.25, 0.3) is 0 Å². The van der Waals surface area contributed by atoms with Crippen molar-refractivity contribution in [2.45, 2.75) is 6.92 Å². The van der Waals surface area contributed by atoms with E-state index < -0.39 is 5.91 Å². The summed E-state index contributed by atoms with van der Waals surface area (Å²) in [6.07, 6.45) is 2.77. The van der Waals surface area contributed by atoms with Gasteiger partial charge in [0.05, 0.1) is 17.7 Å². The summed E-state index contributed by atoms with van der Waals surface area (Å²) in [6.45, 7) is 2.24. The summed E-state index contributed by atoms with van der Waals surface area (Å²) in [6, 6.07) is 8.02. The van der Waals surface area contributed by atoms with Crippen molar-refractivity contribution in [3.05, 3.63) is 59.4 Å². The first-order valence-electron chi connectivity index (χ1n) is 7.66. The van der Waals surface area contributed by atoms with Crippen molar-refractivity contribution in [1.82, 2.24) is 10.3 Å². The zero-order chi connectivity index (χ0) is 18.2. The van der Waals surface area contributed by atoms with Crippen LogP contribution in [0.1, 0.15) is 38.0 Å². The van der Waals surface area contributed by atoms with E-state index in [-0.39, 0.29) is 22.8 Å². The van der Waals surface area contributed by atoms with E-state index in [1.807, 2.05) is 0 Å². The van der Waals surface area contributed by atoms with E-state index in [9.17, 15) is 14.4 Å².